The van der Waals surface area contributed by atoms with Gasteiger partial charge >= 0.3 is 5.97 Å². The predicted molar refractivity (Wildman–Crippen MR) is 83.3 cm³/mol. The lowest BCUT2D eigenvalue weighted by atomic mass is 10.2. The van der Waals surface area contributed by atoms with Crippen molar-refractivity contribution in [1.82, 2.24) is 0 Å². The third-order valence-corrected chi connectivity index (χ3v) is 4.88. The lowest BCUT2D eigenvalue weighted by molar-refractivity contribution is 0.0695. The van der Waals surface area contributed by atoms with E-state index < -0.39 is 21.8 Å². The van der Waals surface area contributed by atoms with Crippen LogP contribution in [0.15, 0.2) is 47.4 Å². The Bertz CT molecular complexity index is 808. The molecule has 0 spiro atoms. The van der Waals surface area contributed by atoms with Crippen molar-refractivity contribution in [3.05, 3.63) is 57.4 Å². The highest BCUT2D eigenvalue weighted by Gasteiger charge is 2.18. The number of sulfonamides is 1. The molecule has 8 heteroatoms. The number of anilines is 1. The van der Waals surface area contributed by atoms with Crippen molar-refractivity contribution in [2.45, 2.75) is 4.90 Å². The summed E-state index contributed by atoms with van der Waals surface area (Å²) in [6.07, 6.45) is 0. The molecule has 0 atom stereocenters. The molecule has 0 aromatic heterocycles. The molecule has 0 amide bonds. The summed E-state index contributed by atoms with van der Waals surface area (Å²) in [7, 11) is -3.99. The number of benzene rings is 2. The third kappa shape index (κ3) is 3.70. The maximum absolute atomic E-state index is 13.1. The summed E-state index contributed by atoms with van der Waals surface area (Å²) in [5.41, 5.74) is -0.0526. The molecule has 110 valence electrons. The second kappa shape index (κ2) is 5.98. The summed E-state index contributed by atoms with van der Waals surface area (Å²) in [6.45, 7) is 0. The Kier molecular flexibility index (Phi) is 4.47. The normalized spacial score (nSPS) is 11.1. The van der Waals surface area contributed by atoms with Crippen LogP contribution in [0.3, 0.4) is 0 Å². The van der Waals surface area contributed by atoms with Crippen LogP contribution in [-0.4, -0.2) is 19.5 Å². The molecular weight excluding hydrogens is 412 g/mol. The van der Waals surface area contributed by atoms with E-state index in [1.807, 2.05) is 0 Å². The molecular formula is C13H9FINO4S. The van der Waals surface area contributed by atoms with E-state index >= 15 is 0 Å². The Labute approximate surface area is 134 Å². The van der Waals surface area contributed by atoms with E-state index in [4.69, 9.17) is 5.11 Å². The smallest absolute Gasteiger partial charge is 0.336 e. The Balaban J connectivity index is 2.40. The maximum atomic E-state index is 13.1. The van der Waals surface area contributed by atoms with E-state index in [0.717, 1.165) is 12.1 Å². The van der Waals surface area contributed by atoms with Crippen LogP contribution in [0.25, 0.3) is 0 Å². The molecule has 0 bridgehead atoms. The third-order valence-electron chi connectivity index (χ3n) is 2.56. The van der Waals surface area contributed by atoms with Gasteiger partial charge in [-0.15, -0.1) is 0 Å². The van der Waals surface area contributed by atoms with Gasteiger partial charge in [0.05, 0.1) is 16.1 Å². The van der Waals surface area contributed by atoms with Crippen molar-refractivity contribution in [3.8, 4) is 0 Å². The van der Waals surface area contributed by atoms with Crippen molar-refractivity contribution in [2.24, 2.45) is 0 Å². The number of carbonyl (C=O) groups is 1. The number of halogens is 2. The largest absolute Gasteiger partial charge is 0.478 e. The zero-order chi connectivity index (χ0) is 15.6. The van der Waals surface area contributed by atoms with Gasteiger partial charge in [0.1, 0.15) is 5.82 Å². The SMILES string of the molecule is O=C(O)c1cc(S(=O)(=O)Nc2cccc(F)c2)ccc1I. The van der Waals surface area contributed by atoms with E-state index in [0.29, 0.717) is 3.57 Å². The summed E-state index contributed by atoms with van der Waals surface area (Å²) in [5.74, 6) is -1.80. The van der Waals surface area contributed by atoms with Crippen LogP contribution in [-0.2, 0) is 10.0 Å². The summed E-state index contributed by atoms with van der Waals surface area (Å²) < 4.78 is 40.0. The highest BCUT2D eigenvalue weighted by molar-refractivity contribution is 14.1. The van der Waals surface area contributed by atoms with Gasteiger partial charge < -0.3 is 5.11 Å². The fourth-order valence-electron chi connectivity index (χ4n) is 1.60. The molecule has 0 radical (unpaired) electrons. The van der Waals surface area contributed by atoms with Gasteiger partial charge in [-0.3, -0.25) is 4.72 Å². The Hall–Kier alpha value is -1.68. The molecule has 0 fully saturated rings. The van der Waals surface area contributed by atoms with Gasteiger partial charge in [-0.25, -0.2) is 17.6 Å². The van der Waals surface area contributed by atoms with Gasteiger partial charge in [0.25, 0.3) is 10.0 Å². The topological polar surface area (TPSA) is 83.5 Å². The molecule has 0 aliphatic heterocycles. The number of rotatable bonds is 4. The fourth-order valence-corrected chi connectivity index (χ4v) is 3.24. The van der Waals surface area contributed by atoms with Gasteiger partial charge in [0.15, 0.2) is 0 Å². The van der Waals surface area contributed by atoms with Crippen LogP contribution in [0.5, 0.6) is 0 Å². The van der Waals surface area contributed by atoms with E-state index in [2.05, 4.69) is 4.72 Å². The summed E-state index contributed by atoms with van der Waals surface area (Å²) in [5, 5.41) is 9.01. The lowest BCUT2D eigenvalue weighted by Crippen LogP contribution is -2.14. The molecule has 0 aliphatic carbocycles. The van der Waals surface area contributed by atoms with Crippen LogP contribution in [0.2, 0.25) is 0 Å². The molecule has 2 aromatic rings. The Morgan fingerprint density at radius 2 is 1.90 bits per heavy atom. The standard InChI is InChI=1S/C13H9FINO4S/c14-8-2-1-3-9(6-8)16-21(19,20)10-4-5-12(15)11(7-10)13(17)18/h1-7,16H,(H,17,18). The van der Waals surface area contributed by atoms with Crippen LogP contribution < -0.4 is 4.72 Å². The first-order chi connectivity index (χ1) is 9.79. The summed E-state index contributed by atoms with van der Waals surface area (Å²) in [4.78, 5) is 10.8. The average Bonchev–Trinajstić information content (AvgIpc) is 2.38. The van der Waals surface area contributed by atoms with Crippen LogP contribution in [0.4, 0.5) is 10.1 Å². The predicted octanol–water partition coefficient (Wildman–Crippen LogP) is 2.93. The number of nitrogens with one attached hydrogen (secondary N) is 1. The highest BCUT2D eigenvalue weighted by Crippen LogP contribution is 2.21. The number of hydrogen-bond donors (Lipinski definition) is 2. The first-order valence-electron chi connectivity index (χ1n) is 5.61. The quantitative estimate of drug-likeness (QED) is 0.744. The molecule has 0 heterocycles. The Morgan fingerprint density at radius 1 is 1.19 bits per heavy atom. The van der Waals surface area contributed by atoms with Gasteiger partial charge in [-0.05, 0) is 59.0 Å². The number of carboxylic acids is 1. The van der Waals surface area contributed by atoms with E-state index in [1.165, 1.54) is 30.3 Å². The number of carboxylic acid groups (broad SMARTS) is 1. The fraction of sp³-hybridized carbons (Fsp3) is 0. The van der Waals surface area contributed by atoms with Crippen LogP contribution in [0, 0.1) is 9.39 Å². The van der Waals surface area contributed by atoms with E-state index in [1.54, 1.807) is 22.6 Å². The van der Waals surface area contributed by atoms with Gasteiger partial charge in [0, 0.05) is 3.57 Å². The molecule has 2 rings (SSSR count). The Morgan fingerprint density at radius 3 is 2.52 bits per heavy atom. The molecule has 21 heavy (non-hydrogen) atoms. The van der Waals surface area contributed by atoms with Gasteiger partial charge in [-0.1, -0.05) is 6.07 Å². The second-order valence-electron chi connectivity index (χ2n) is 4.06. The minimum absolute atomic E-state index is 0.0606. The average molecular weight is 421 g/mol. The van der Waals surface area contributed by atoms with Crippen molar-refractivity contribution in [3.63, 3.8) is 0 Å². The minimum atomic E-state index is -3.99. The molecule has 0 unspecified atom stereocenters. The maximum Gasteiger partial charge on any atom is 0.336 e. The lowest BCUT2D eigenvalue weighted by Gasteiger charge is -2.09. The van der Waals surface area contributed by atoms with Crippen molar-refractivity contribution in [1.29, 1.82) is 0 Å². The van der Waals surface area contributed by atoms with Crippen molar-refractivity contribution in [2.75, 3.05) is 4.72 Å². The number of aromatic carboxylic acids is 1. The molecule has 0 aliphatic rings. The first-order valence-corrected chi connectivity index (χ1v) is 8.17. The molecule has 5 nitrogen and oxygen atoms in total. The number of hydrogen-bond acceptors (Lipinski definition) is 3. The van der Waals surface area contributed by atoms with E-state index in [-0.39, 0.29) is 16.1 Å². The van der Waals surface area contributed by atoms with Crippen molar-refractivity contribution >= 4 is 44.3 Å². The zero-order valence-corrected chi connectivity index (χ0v) is 13.4. The molecule has 2 N–H and O–H groups in total. The van der Waals surface area contributed by atoms with Crippen LogP contribution in [0.1, 0.15) is 10.4 Å². The minimum Gasteiger partial charge on any atom is -0.478 e. The summed E-state index contributed by atoms with van der Waals surface area (Å²) >= 11 is 1.80. The van der Waals surface area contributed by atoms with E-state index in [9.17, 15) is 17.6 Å². The first kappa shape index (κ1) is 15.7. The monoisotopic (exact) mass is 421 g/mol. The summed E-state index contributed by atoms with van der Waals surface area (Å²) in [6, 6.07) is 8.72. The highest BCUT2D eigenvalue weighted by atomic mass is 127. The molecule has 0 saturated heterocycles. The second-order valence-corrected chi connectivity index (χ2v) is 6.91. The van der Waals surface area contributed by atoms with Crippen LogP contribution >= 0.6 is 22.6 Å². The van der Waals surface area contributed by atoms with Crippen molar-refractivity contribution < 1.29 is 22.7 Å². The molecule has 2 aromatic carbocycles. The zero-order valence-electron chi connectivity index (χ0n) is 10.4. The van der Waals surface area contributed by atoms with Gasteiger partial charge in [-0.2, -0.15) is 0 Å². The molecule has 0 saturated carbocycles. The van der Waals surface area contributed by atoms with Gasteiger partial charge in [0.2, 0.25) is 0 Å².